The van der Waals surface area contributed by atoms with Gasteiger partial charge in [0.15, 0.2) is 0 Å². The van der Waals surface area contributed by atoms with Gasteiger partial charge in [-0.25, -0.2) is 0 Å². The predicted molar refractivity (Wildman–Crippen MR) is 89.3 cm³/mol. The molecule has 0 spiro atoms. The molecule has 2 rings (SSSR count). The molecule has 0 amide bonds. The highest BCUT2D eigenvalue weighted by Gasteiger charge is 2.10. The zero-order valence-corrected chi connectivity index (χ0v) is 13.1. The Morgan fingerprint density at radius 3 is 2.76 bits per heavy atom. The molecular formula is C17H15Cl2NO. The van der Waals surface area contributed by atoms with Crippen LogP contribution < -0.4 is 10.1 Å². The second-order valence-electron chi connectivity index (χ2n) is 4.59. The van der Waals surface area contributed by atoms with Gasteiger partial charge in [-0.15, -0.1) is 6.42 Å². The molecule has 0 aliphatic carbocycles. The molecule has 0 aromatic heterocycles. The molecule has 0 bridgehead atoms. The highest BCUT2D eigenvalue weighted by molar-refractivity contribution is 6.35. The van der Waals surface area contributed by atoms with Crippen LogP contribution in [0.1, 0.15) is 11.1 Å². The molecule has 0 heterocycles. The summed E-state index contributed by atoms with van der Waals surface area (Å²) in [6.45, 7) is 2.76. The molecule has 0 fully saturated rings. The zero-order valence-electron chi connectivity index (χ0n) is 11.6. The highest BCUT2D eigenvalue weighted by Crippen LogP contribution is 2.33. The molecule has 0 aliphatic rings. The maximum atomic E-state index is 6.17. The third-order valence-electron chi connectivity index (χ3n) is 2.89. The first-order chi connectivity index (χ1) is 10.1. The summed E-state index contributed by atoms with van der Waals surface area (Å²) in [5, 5.41) is 4.35. The summed E-state index contributed by atoms with van der Waals surface area (Å²) in [5.74, 6) is 3.00. The number of terminal acetylenes is 1. The van der Waals surface area contributed by atoms with Crippen molar-refractivity contribution in [1.82, 2.24) is 0 Å². The van der Waals surface area contributed by atoms with E-state index in [4.69, 9.17) is 34.4 Å². The molecule has 21 heavy (non-hydrogen) atoms. The standard InChI is InChI=1S/C17H15Cl2NO/c1-3-7-21-17-13(9-14(18)10-16(17)19)11-20-15-6-4-5-12(2)8-15/h1,4-6,8-10,20H,7,11H2,2H3. The highest BCUT2D eigenvalue weighted by atomic mass is 35.5. The molecule has 2 aromatic rings. The summed E-state index contributed by atoms with van der Waals surface area (Å²) >= 11 is 12.2. The first-order valence-electron chi connectivity index (χ1n) is 6.45. The van der Waals surface area contributed by atoms with Crippen LogP contribution in [0.2, 0.25) is 10.0 Å². The summed E-state index contributed by atoms with van der Waals surface area (Å²) < 4.78 is 5.52. The SMILES string of the molecule is C#CCOc1c(Cl)cc(Cl)cc1CNc1cccc(C)c1. The monoisotopic (exact) mass is 319 g/mol. The number of benzene rings is 2. The number of anilines is 1. The van der Waals surface area contributed by atoms with E-state index in [2.05, 4.69) is 17.3 Å². The maximum absolute atomic E-state index is 6.17. The van der Waals surface area contributed by atoms with Crippen molar-refractivity contribution >= 4 is 28.9 Å². The van der Waals surface area contributed by atoms with Crippen LogP contribution >= 0.6 is 23.2 Å². The molecule has 2 nitrogen and oxygen atoms in total. The van der Waals surface area contributed by atoms with Crippen molar-refractivity contribution in [1.29, 1.82) is 0 Å². The normalized spacial score (nSPS) is 10.0. The third kappa shape index (κ3) is 4.32. The Kier molecular flexibility index (Phi) is 5.38. The van der Waals surface area contributed by atoms with E-state index in [1.165, 1.54) is 5.56 Å². The first kappa shape index (κ1) is 15.6. The minimum atomic E-state index is 0.165. The number of ether oxygens (including phenoxy) is 1. The lowest BCUT2D eigenvalue weighted by atomic mass is 10.1. The van der Waals surface area contributed by atoms with Crippen LogP contribution in [0.4, 0.5) is 5.69 Å². The summed E-state index contributed by atoms with van der Waals surface area (Å²) in [4.78, 5) is 0. The maximum Gasteiger partial charge on any atom is 0.148 e. The molecule has 0 saturated carbocycles. The van der Waals surface area contributed by atoms with Gasteiger partial charge in [0, 0.05) is 22.8 Å². The number of hydrogen-bond donors (Lipinski definition) is 1. The van der Waals surface area contributed by atoms with Gasteiger partial charge >= 0.3 is 0 Å². The quantitative estimate of drug-likeness (QED) is 0.789. The van der Waals surface area contributed by atoms with Gasteiger partial charge in [-0.05, 0) is 36.8 Å². The van der Waals surface area contributed by atoms with Crippen LogP contribution in [0.3, 0.4) is 0 Å². The summed E-state index contributed by atoms with van der Waals surface area (Å²) in [5.41, 5.74) is 3.08. The molecule has 0 saturated heterocycles. The average Bonchev–Trinajstić information content (AvgIpc) is 2.44. The fourth-order valence-electron chi connectivity index (χ4n) is 1.97. The van der Waals surface area contributed by atoms with Crippen LogP contribution in [-0.2, 0) is 6.54 Å². The largest absolute Gasteiger partial charge is 0.479 e. The van der Waals surface area contributed by atoms with E-state index in [0.29, 0.717) is 22.3 Å². The van der Waals surface area contributed by atoms with E-state index in [0.717, 1.165) is 11.3 Å². The van der Waals surface area contributed by atoms with Gasteiger partial charge in [-0.3, -0.25) is 0 Å². The second-order valence-corrected chi connectivity index (χ2v) is 5.44. The van der Waals surface area contributed by atoms with Gasteiger partial charge < -0.3 is 10.1 Å². The number of aryl methyl sites for hydroxylation is 1. The smallest absolute Gasteiger partial charge is 0.148 e. The molecule has 0 atom stereocenters. The Balaban J connectivity index is 2.20. The minimum Gasteiger partial charge on any atom is -0.479 e. The van der Waals surface area contributed by atoms with Gasteiger partial charge in [0.2, 0.25) is 0 Å². The molecule has 1 N–H and O–H groups in total. The lowest BCUT2D eigenvalue weighted by Crippen LogP contribution is -2.04. The molecule has 4 heteroatoms. The Hall–Kier alpha value is -1.82. The van der Waals surface area contributed by atoms with E-state index >= 15 is 0 Å². The Morgan fingerprint density at radius 1 is 1.24 bits per heavy atom. The van der Waals surface area contributed by atoms with Crippen molar-refractivity contribution in [3.8, 4) is 18.1 Å². The number of halogens is 2. The van der Waals surface area contributed by atoms with Crippen molar-refractivity contribution in [2.24, 2.45) is 0 Å². The van der Waals surface area contributed by atoms with Gasteiger partial charge in [0.25, 0.3) is 0 Å². The molecular weight excluding hydrogens is 305 g/mol. The number of rotatable bonds is 5. The van der Waals surface area contributed by atoms with Crippen LogP contribution in [0.15, 0.2) is 36.4 Å². The third-order valence-corrected chi connectivity index (χ3v) is 3.39. The first-order valence-corrected chi connectivity index (χ1v) is 7.20. The van der Waals surface area contributed by atoms with Crippen LogP contribution in [0.25, 0.3) is 0 Å². The zero-order chi connectivity index (χ0) is 15.2. The van der Waals surface area contributed by atoms with Crippen molar-refractivity contribution in [3.05, 3.63) is 57.6 Å². The van der Waals surface area contributed by atoms with Crippen LogP contribution in [0, 0.1) is 19.3 Å². The number of hydrogen-bond acceptors (Lipinski definition) is 2. The molecule has 108 valence electrons. The topological polar surface area (TPSA) is 21.3 Å². The van der Waals surface area contributed by atoms with Gasteiger partial charge in [0.05, 0.1) is 5.02 Å². The van der Waals surface area contributed by atoms with E-state index in [1.807, 2.05) is 31.2 Å². The molecule has 0 radical (unpaired) electrons. The summed E-state index contributed by atoms with van der Waals surface area (Å²) in [6, 6.07) is 11.6. The molecule has 0 aliphatic heterocycles. The second kappa shape index (κ2) is 7.26. The van der Waals surface area contributed by atoms with Crippen LogP contribution in [-0.4, -0.2) is 6.61 Å². The molecule has 2 aromatic carbocycles. The summed E-state index contributed by atoms with van der Waals surface area (Å²) in [7, 11) is 0. The lowest BCUT2D eigenvalue weighted by molar-refractivity contribution is 0.367. The van der Waals surface area contributed by atoms with Crippen LogP contribution in [0.5, 0.6) is 5.75 Å². The van der Waals surface area contributed by atoms with Gasteiger partial charge in [0.1, 0.15) is 12.4 Å². The lowest BCUT2D eigenvalue weighted by Gasteiger charge is -2.14. The van der Waals surface area contributed by atoms with Gasteiger partial charge in [-0.1, -0.05) is 41.3 Å². The average molecular weight is 320 g/mol. The van der Waals surface area contributed by atoms with E-state index in [9.17, 15) is 0 Å². The fourth-order valence-corrected chi connectivity index (χ4v) is 2.56. The van der Waals surface area contributed by atoms with E-state index < -0.39 is 0 Å². The van der Waals surface area contributed by atoms with Crippen molar-refractivity contribution in [3.63, 3.8) is 0 Å². The van der Waals surface area contributed by atoms with Gasteiger partial charge in [-0.2, -0.15) is 0 Å². The predicted octanol–water partition coefficient (Wildman–Crippen LogP) is 4.93. The van der Waals surface area contributed by atoms with E-state index in [1.54, 1.807) is 6.07 Å². The van der Waals surface area contributed by atoms with Crippen molar-refractivity contribution in [2.45, 2.75) is 13.5 Å². The minimum absolute atomic E-state index is 0.165. The van der Waals surface area contributed by atoms with Crippen molar-refractivity contribution < 1.29 is 4.74 Å². The molecule has 0 unspecified atom stereocenters. The summed E-state index contributed by atoms with van der Waals surface area (Å²) in [6.07, 6.45) is 5.23. The van der Waals surface area contributed by atoms with E-state index in [-0.39, 0.29) is 6.61 Å². The Morgan fingerprint density at radius 2 is 2.05 bits per heavy atom. The Labute approximate surface area is 135 Å². The van der Waals surface area contributed by atoms with Crippen molar-refractivity contribution in [2.75, 3.05) is 11.9 Å². The number of nitrogens with one attached hydrogen (secondary N) is 1. The Bertz CT molecular complexity index is 677. The fraction of sp³-hybridized carbons (Fsp3) is 0.176.